The molecule has 2 rings (SSSR count). The largest absolute Gasteiger partial charge is 0.503 e. The van der Waals surface area contributed by atoms with Gasteiger partial charge in [-0.2, -0.15) is 0 Å². The van der Waals surface area contributed by atoms with Crippen molar-refractivity contribution in [3.63, 3.8) is 0 Å². The zero-order valence-electron chi connectivity index (χ0n) is 12.6. The van der Waals surface area contributed by atoms with Crippen LogP contribution >= 0.6 is 31.9 Å². The lowest BCUT2D eigenvalue weighted by Gasteiger charge is -2.10. The molecule has 1 aromatic rings. The van der Waals surface area contributed by atoms with Gasteiger partial charge in [0.25, 0.3) is 5.91 Å². The van der Waals surface area contributed by atoms with E-state index < -0.39 is 24.5 Å². The highest BCUT2D eigenvalue weighted by atomic mass is 79.9. The van der Waals surface area contributed by atoms with E-state index in [0.29, 0.717) is 14.5 Å². The number of hydrogen-bond donors (Lipinski definition) is 2. The maximum absolute atomic E-state index is 12.2. The molecule has 10 heteroatoms. The molecule has 1 aliphatic heterocycles. The molecule has 1 aliphatic rings. The number of phenolic OH excluding ortho intramolecular Hbond substituents is 1. The minimum atomic E-state index is -0.724. The number of imide groups is 1. The number of carbonyl (C=O) groups excluding carboxylic acids is 3. The fraction of sp³-hybridized carbons (Fsp3) is 0.214. The van der Waals surface area contributed by atoms with E-state index in [4.69, 9.17) is 4.74 Å². The molecule has 0 aromatic heterocycles. The third kappa shape index (κ3) is 3.39. The van der Waals surface area contributed by atoms with Crippen molar-refractivity contribution < 1.29 is 29.0 Å². The van der Waals surface area contributed by atoms with Crippen LogP contribution in [-0.4, -0.2) is 48.7 Å². The maximum atomic E-state index is 12.2. The number of nitrogens with one attached hydrogen (secondary N) is 1. The number of nitrogens with zero attached hydrogens (tertiary/aromatic N) is 1. The SMILES string of the molecule is COC(=O)CN1C(=O)N/C(=C/c2cc(OC)c(O)c(Br)c2Br)C1=O. The van der Waals surface area contributed by atoms with Gasteiger partial charge in [0.1, 0.15) is 12.2 Å². The molecule has 0 atom stereocenters. The minimum Gasteiger partial charge on any atom is -0.503 e. The van der Waals surface area contributed by atoms with Crippen molar-refractivity contribution in [3.8, 4) is 11.5 Å². The molecule has 0 aliphatic carbocycles. The first-order chi connectivity index (χ1) is 11.3. The van der Waals surface area contributed by atoms with Gasteiger partial charge in [0.15, 0.2) is 11.5 Å². The first kappa shape index (κ1) is 18.3. The van der Waals surface area contributed by atoms with Crippen LogP contribution in [0.5, 0.6) is 11.5 Å². The van der Waals surface area contributed by atoms with Gasteiger partial charge in [-0.3, -0.25) is 9.59 Å². The van der Waals surface area contributed by atoms with Gasteiger partial charge in [-0.1, -0.05) is 0 Å². The third-order valence-corrected chi connectivity index (χ3v) is 5.33. The number of aromatic hydroxyl groups is 1. The van der Waals surface area contributed by atoms with E-state index in [1.165, 1.54) is 19.3 Å². The molecule has 1 fully saturated rings. The van der Waals surface area contributed by atoms with Gasteiger partial charge in [-0.25, -0.2) is 9.69 Å². The molecule has 0 unspecified atom stereocenters. The van der Waals surface area contributed by atoms with Crippen LogP contribution in [0.1, 0.15) is 5.56 Å². The summed E-state index contributed by atoms with van der Waals surface area (Å²) in [6.45, 7) is -0.484. The molecular weight excluding hydrogens is 452 g/mol. The molecule has 3 amide bonds. The minimum absolute atomic E-state index is 0.0238. The van der Waals surface area contributed by atoms with Crippen molar-refractivity contribution >= 4 is 55.8 Å². The van der Waals surface area contributed by atoms with Gasteiger partial charge >= 0.3 is 12.0 Å². The highest BCUT2D eigenvalue weighted by molar-refractivity contribution is 9.13. The van der Waals surface area contributed by atoms with Gasteiger partial charge in [0.2, 0.25) is 0 Å². The van der Waals surface area contributed by atoms with Crippen LogP contribution in [0.4, 0.5) is 4.79 Å². The van der Waals surface area contributed by atoms with Gasteiger partial charge in [-0.15, -0.1) is 0 Å². The number of phenols is 1. The molecule has 1 heterocycles. The first-order valence-electron chi connectivity index (χ1n) is 6.46. The van der Waals surface area contributed by atoms with Crippen LogP contribution in [-0.2, 0) is 14.3 Å². The molecule has 1 aromatic carbocycles. The Morgan fingerprint density at radius 1 is 1.33 bits per heavy atom. The summed E-state index contributed by atoms with van der Waals surface area (Å²) in [5.41, 5.74) is 0.448. The molecule has 2 N–H and O–H groups in total. The van der Waals surface area contributed by atoms with Crippen LogP contribution in [0, 0.1) is 0 Å². The molecule has 24 heavy (non-hydrogen) atoms. The summed E-state index contributed by atoms with van der Waals surface area (Å²) >= 11 is 6.49. The number of ether oxygens (including phenoxy) is 2. The van der Waals surface area contributed by atoms with Crippen LogP contribution in [0.3, 0.4) is 0 Å². The zero-order chi connectivity index (χ0) is 18.0. The quantitative estimate of drug-likeness (QED) is 0.402. The number of methoxy groups -OCH3 is 2. The van der Waals surface area contributed by atoms with Gasteiger partial charge in [0.05, 0.1) is 18.7 Å². The fourth-order valence-electron chi connectivity index (χ4n) is 1.94. The Labute approximate surface area is 153 Å². The number of amides is 3. The molecular formula is C14H12Br2N2O6. The lowest BCUT2D eigenvalue weighted by Crippen LogP contribution is -2.36. The summed E-state index contributed by atoms with van der Waals surface area (Å²) in [6, 6.07) is 0.761. The van der Waals surface area contributed by atoms with Gasteiger partial charge in [0, 0.05) is 4.47 Å². The predicted octanol–water partition coefficient (Wildman–Crippen LogP) is 1.99. The third-order valence-electron chi connectivity index (χ3n) is 3.17. The second kappa shape index (κ2) is 7.22. The van der Waals surface area contributed by atoms with Crippen molar-refractivity contribution in [2.24, 2.45) is 0 Å². The number of carbonyl (C=O) groups is 3. The number of urea groups is 1. The van der Waals surface area contributed by atoms with Crippen LogP contribution in [0.2, 0.25) is 0 Å². The second-order valence-electron chi connectivity index (χ2n) is 4.60. The normalized spacial score (nSPS) is 15.7. The van der Waals surface area contributed by atoms with E-state index in [1.54, 1.807) is 0 Å². The van der Waals surface area contributed by atoms with E-state index in [9.17, 15) is 19.5 Å². The van der Waals surface area contributed by atoms with Gasteiger partial charge in [-0.05, 0) is 49.6 Å². The Morgan fingerprint density at radius 2 is 2.00 bits per heavy atom. The summed E-state index contributed by atoms with van der Waals surface area (Å²) < 4.78 is 10.3. The summed E-state index contributed by atoms with van der Waals surface area (Å²) in [6.07, 6.45) is 1.40. The highest BCUT2D eigenvalue weighted by Crippen LogP contribution is 2.42. The average molecular weight is 464 g/mol. The van der Waals surface area contributed by atoms with Crippen molar-refractivity contribution in [1.82, 2.24) is 10.2 Å². The van der Waals surface area contributed by atoms with Crippen molar-refractivity contribution in [2.75, 3.05) is 20.8 Å². The number of hydrogen-bond acceptors (Lipinski definition) is 6. The van der Waals surface area contributed by atoms with E-state index in [-0.39, 0.29) is 17.2 Å². The number of benzene rings is 1. The van der Waals surface area contributed by atoms with Crippen LogP contribution < -0.4 is 10.1 Å². The molecule has 0 saturated carbocycles. The number of halogens is 2. The monoisotopic (exact) mass is 462 g/mol. The highest BCUT2D eigenvalue weighted by Gasteiger charge is 2.35. The Kier molecular flexibility index (Phi) is 5.50. The first-order valence-corrected chi connectivity index (χ1v) is 8.05. The molecule has 1 saturated heterocycles. The van der Waals surface area contributed by atoms with Crippen molar-refractivity contribution in [3.05, 3.63) is 26.3 Å². The molecule has 0 radical (unpaired) electrons. The summed E-state index contributed by atoms with van der Waals surface area (Å²) in [4.78, 5) is 36.1. The Balaban J connectivity index is 2.39. The second-order valence-corrected chi connectivity index (χ2v) is 6.19. The predicted molar refractivity (Wildman–Crippen MR) is 90.3 cm³/mol. The average Bonchev–Trinajstić information content (AvgIpc) is 2.82. The molecule has 8 nitrogen and oxygen atoms in total. The van der Waals surface area contributed by atoms with Crippen molar-refractivity contribution in [2.45, 2.75) is 0 Å². The molecule has 0 spiro atoms. The Morgan fingerprint density at radius 3 is 2.58 bits per heavy atom. The lowest BCUT2D eigenvalue weighted by atomic mass is 10.1. The van der Waals surface area contributed by atoms with E-state index in [2.05, 4.69) is 41.9 Å². The van der Waals surface area contributed by atoms with E-state index in [1.807, 2.05) is 0 Å². The van der Waals surface area contributed by atoms with E-state index >= 15 is 0 Å². The number of esters is 1. The summed E-state index contributed by atoms with van der Waals surface area (Å²) in [7, 11) is 2.54. The fourth-order valence-corrected chi connectivity index (χ4v) is 2.78. The Bertz CT molecular complexity index is 762. The molecule has 0 bridgehead atoms. The maximum Gasteiger partial charge on any atom is 0.329 e. The van der Waals surface area contributed by atoms with Gasteiger partial charge < -0.3 is 19.9 Å². The lowest BCUT2D eigenvalue weighted by molar-refractivity contribution is -0.143. The summed E-state index contributed by atoms with van der Waals surface area (Å²) in [5, 5.41) is 12.3. The van der Waals surface area contributed by atoms with Crippen LogP contribution in [0.25, 0.3) is 6.08 Å². The number of rotatable bonds is 4. The van der Waals surface area contributed by atoms with Crippen LogP contribution in [0.15, 0.2) is 20.7 Å². The standard InChI is InChI=1S/C14H12Br2N2O6/c1-23-8-4-6(10(15)11(16)12(8)20)3-7-13(21)18(14(22)17-7)5-9(19)24-2/h3-4,20H,5H2,1-2H3,(H,17,22)/b7-3+. The summed E-state index contributed by atoms with van der Waals surface area (Å²) in [5.74, 6) is -1.31. The molecule has 128 valence electrons. The van der Waals surface area contributed by atoms with Crippen molar-refractivity contribution in [1.29, 1.82) is 0 Å². The Hall–Kier alpha value is -2.07. The van der Waals surface area contributed by atoms with E-state index in [0.717, 1.165) is 12.0 Å². The smallest absolute Gasteiger partial charge is 0.329 e. The zero-order valence-corrected chi connectivity index (χ0v) is 15.7. The topological polar surface area (TPSA) is 105 Å².